The maximum absolute atomic E-state index is 11.9. The number of carbonyl (C=O) groups excluding carboxylic acids is 2. The number of hydrogen-bond donors (Lipinski definition) is 1. The second-order valence-electron chi connectivity index (χ2n) is 7.40. The van der Waals surface area contributed by atoms with Gasteiger partial charge in [-0.15, -0.1) is 0 Å². The fourth-order valence-electron chi connectivity index (χ4n) is 4.04. The van der Waals surface area contributed by atoms with E-state index in [0.29, 0.717) is 11.1 Å². The average Bonchev–Trinajstić information content (AvgIpc) is 2.93. The summed E-state index contributed by atoms with van der Waals surface area (Å²) in [5, 5.41) is 2.39. The summed E-state index contributed by atoms with van der Waals surface area (Å²) >= 11 is 0. The Kier molecular flexibility index (Phi) is 6.62. The van der Waals surface area contributed by atoms with E-state index in [1.807, 2.05) is 12.1 Å². The van der Waals surface area contributed by atoms with Gasteiger partial charge in [-0.1, -0.05) is 44.2 Å². The van der Waals surface area contributed by atoms with Crippen molar-refractivity contribution in [2.45, 2.75) is 64.2 Å². The third kappa shape index (κ3) is 4.91. The molecule has 0 atom stereocenters. The highest BCUT2D eigenvalue weighted by atomic mass is 16.2. The lowest BCUT2D eigenvalue weighted by Gasteiger charge is -2.26. The molecule has 0 unspecified atom stereocenters. The number of benzene rings is 1. The van der Waals surface area contributed by atoms with Gasteiger partial charge in [0.2, 0.25) is 0 Å². The Labute approximate surface area is 151 Å². The summed E-state index contributed by atoms with van der Waals surface area (Å²) in [7, 11) is 0. The summed E-state index contributed by atoms with van der Waals surface area (Å²) < 4.78 is 0. The van der Waals surface area contributed by atoms with Gasteiger partial charge < -0.3 is 4.90 Å². The molecule has 0 saturated carbocycles. The highest BCUT2D eigenvalue weighted by Gasteiger charge is 2.28. The molecule has 4 heteroatoms. The number of imide groups is 1. The molecular formula is C21H30N2O2. The second kappa shape index (κ2) is 9.14. The minimum absolute atomic E-state index is 0.228. The van der Waals surface area contributed by atoms with Gasteiger partial charge in [0.25, 0.3) is 11.8 Å². The zero-order valence-corrected chi connectivity index (χ0v) is 15.2. The van der Waals surface area contributed by atoms with E-state index in [4.69, 9.17) is 0 Å². The Morgan fingerprint density at radius 3 is 2.36 bits per heavy atom. The Morgan fingerprint density at radius 2 is 1.56 bits per heavy atom. The molecule has 4 nitrogen and oxygen atoms in total. The predicted molar refractivity (Wildman–Crippen MR) is 99.9 cm³/mol. The van der Waals surface area contributed by atoms with Gasteiger partial charge in [0.1, 0.15) is 0 Å². The molecule has 2 heterocycles. The van der Waals surface area contributed by atoms with E-state index in [9.17, 15) is 9.59 Å². The second-order valence-corrected chi connectivity index (χ2v) is 7.40. The first-order valence-corrected chi connectivity index (χ1v) is 9.95. The van der Waals surface area contributed by atoms with E-state index >= 15 is 0 Å². The molecule has 1 fully saturated rings. The van der Waals surface area contributed by atoms with Crippen molar-refractivity contribution in [2.75, 3.05) is 19.6 Å². The summed E-state index contributed by atoms with van der Waals surface area (Å²) in [6, 6.07) is 5.60. The van der Waals surface area contributed by atoms with Gasteiger partial charge in [0, 0.05) is 0 Å². The van der Waals surface area contributed by atoms with E-state index in [-0.39, 0.29) is 11.8 Å². The summed E-state index contributed by atoms with van der Waals surface area (Å²) in [5.41, 5.74) is 2.17. The van der Waals surface area contributed by atoms with Crippen molar-refractivity contribution >= 4 is 11.8 Å². The molecule has 25 heavy (non-hydrogen) atoms. The molecule has 0 bridgehead atoms. The van der Waals surface area contributed by atoms with Crippen molar-refractivity contribution in [3.8, 4) is 0 Å². The number of likely N-dealkylation sites (tertiary alicyclic amines) is 1. The summed E-state index contributed by atoms with van der Waals surface area (Å²) in [6.07, 6.45) is 12.6. The van der Waals surface area contributed by atoms with E-state index < -0.39 is 0 Å². The third-order valence-corrected chi connectivity index (χ3v) is 5.47. The lowest BCUT2D eigenvalue weighted by molar-refractivity contribution is 0.0879. The highest BCUT2D eigenvalue weighted by molar-refractivity contribution is 6.22. The van der Waals surface area contributed by atoms with E-state index in [1.54, 1.807) is 6.07 Å². The van der Waals surface area contributed by atoms with Gasteiger partial charge >= 0.3 is 0 Å². The number of nitrogens with zero attached hydrogens (tertiary/aromatic N) is 1. The number of unbranched alkanes of at least 4 members (excludes halogenated alkanes) is 5. The Hall–Kier alpha value is -1.68. The lowest BCUT2D eigenvalue weighted by atomic mass is 9.97. The van der Waals surface area contributed by atoms with Crippen LogP contribution in [0.5, 0.6) is 0 Å². The van der Waals surface area contributed by atoms with Crippen LogP contribution in [-0.4, -0.2) is 36.3 Å². The van der Waals surface area contributed by atoms with Gasteiger partial charge in [-0.05, 0) is 63.4 Å². The number of rotatable bonds is 9. The molecule has 2 aliphatic rings. The van der Waals surface area contributed by atoms with Crippen LogP contribution in [0.4, 0.5) is 0 Å². The highest BCUT2D eigenvalue weighted by Crippen LogP contribution is 2.22. The molecule has 2 amide bonds. The van der Waals surface area contributed by atoms with Crippen molar-refractivity contribution in [1.82, 2.24) is 10.2 Å². The Morgan fingerprint density at radius 1 is 0.840 bits per heavy atom. The number of amides is 2. The molecule has 1 saturated heterocycles. The van der Waals surface area contributed by atoms with Crippen molar-refractivity contribution in [1.29, 1.82) is 0 Å². The van der Waals surface area contributed by atoms with Crippen molar-refractivity contribution in [3.05, 3.63) is 34.9 Å². The van der Waals surface area contributed by atoms with Crippen LogP contribution in [0.25, 0.3) is 0 Å². The maximum Gasteiger partial charge on any atom is 0.259 e. The van der Waals surface area contributed by atoms with Crippen LogP contribution in [0.3, 0.4) is 0 Å². The van der Waals surface area contributed by atoms with Crippen LogP contribution in [0.2, 0.25) is 0 Å². The number of nitrogens with one attached hydrogen (secondary N) is 1. The van der Waals surface area contributed by atoms with Gasteiger partial charge in [-0.25, -0.2) is 0 Å². The smallest absolute Gasteiger partial charge is 0.259 e. The molecule has 0 radical (unpaired) electrons. The van der Waals surface area contributed by atoms with Gasteiger partial charge in [-0.2, -0.15) is 0 Å². The van der Waals surface area contributed by atoms with Crippen LogP contribution in [-0.2, 0) is 6.42 Å². The largest absolute Gasteiger partial charge is 0.303 e. The van der Waals surface area contributed by atoms with Gasteiger partial charge in [0.15, 0.2) is 0 Å². The minimum atomic E-state index is -0.254. The summed E-state index contributed by atoms with van der Waals surface area (Å²) in [4.78, 5) is 26.2. The SMILES string of the molecule is O=C1NC(=O)c2c(CCCCCCCCN3CCCCC3)cccc21. The van der Waals surface area contributed by atoms with E-state index in [2.05, 4.69) is 10.2 Å². The van der Waals surface area contributed by atoms with Crippen LogP contribution in [0.1, 0.15) is 84.1 Å². The lowest BCUT2D eigenvalue weighted by Crippen LogP contribution is -2.30. The molecular weight excluding hydrogens is 312 g/mol. The van der Waals surface area contributed by atoms with Crippen LogP contribution in [0.15, 0.2) is 18.2 Å². The fourth-order valence-corrected chi connectivity index (χ4v) is 4.04. The first-order valence-electron chi connectivity index (χ1n) is 9.95. The van der Waals surface area contributed by atoms with Crippen molar-refractivity contribution in [2.24, 2.45) is 0 Å². The normalized spacial score (nSPS) is 17.6. The predicted octanol–water partition coefficient (Wildman–Crippen LogP) is 3.94. The molecule has 1 N–H and O–H groups in total. The molecule has 0 spiro atoms. The molecule has 0 aliphatic carbocycles. The Balaban J connectivity index is 1.29. The van der Waals surface area contributed by atoms with Gasteiger partial charge in [-0.3, -0.25) is 14.9 Å². The quantitative estimate of drug-likeness (QED) is 0.546. The van der Waals surface area contributed by atoms with E-state index in [0.717, 1.165) is 18.4 Å². The molecule has 2 aliphatic heterocycles. The van der Waals surface area contributed by atoms with Crippen molar-refractivity contribution in [3.63, 3.8) is 0 Å². The topological polar surface area (TPSA) is 49.4 Å². The number of fused-ring (bicyclic) bond motifs is 1. The summed E-state index contributed by atoms with van der Waals surface area (Å²) in [6.45, 7) is 3.88. The number of aryl methyl sites for hydroxylation is 1. The monoisotopic (exact) mass is 342 g/mol. The zero-order chi connectivity index (χ0) is 17.5. The molecule has 1 aromatic carbocycles. The minimum Gasteiger partial charge on any atom is -0.303 e. The first kappa shape index (κ1) is 18.1. The van der Waals surface area contributed by atoms with Crippen LogP contribution < -0.4 is 5.32 Å². The third-order valence-electron chi connectivity index (χ3n) is 5.47. The average molecular weight is 342 g/mol. The first-order chi connectivity index (χ1) is 12.3. The number of hydrogen-bond acceptors (Lipinski definition) is 3. The molecule has 0 aromatic heterocycles. The van der Waals surface area contributed by atoms with Crippen LogP contribution in [0, 0.1) is 0 Å². The maximum atomic E-state index is 11.9. The zero-order valence-electron chi connectivity index (χ0n) is 15.2. The number of carbonyl (C=O) groups is 2. The van der Waals surface area contributed by atoms with Crippen molar-refractivity contribution < 1.29 is 9.59 Å². The standard InChI is InChI=1S/C21H30N2O2/c24-20-18-13-10-12-17(19(18)21(25)22-20)11-6-3-1-2-4-7-14-23-15-8-5-9-16-23/h10,12-13H,1-9,11,14-16H2,(H,22,24,25). The fraction of sp³-hybridized carbons (Fsp3) is 0.619. The van der Waals surface area contributed by atoms with E-state index in [1.165, 1.54) is 71.0 Å². The molecule has 3 rings (SSSR count). The molecule has 136 valence electrons. The Bertz CT molecular complexity index is 606. The van der Waals surface area contributed by atoms with Crippen LogP contribution >= 0.6 is 0 Å². The molecule has 1 aromatic rings. The number of piperidine rings is 1. The van der Waals surface area contributed by atoms with Gasteiger partial charge in [0.05, 0.1) is 11.1 Å². The summed E-state index contributed by atoms with van der Waals surface area (Å²) in [5.74, 6) is -0.483.